The molecule has 2 saturated carbocycles. The van der Waals surface area contributed by atoms with Crippen molar-refractivity contribution in [1.29, 1.82) is 0 Å². The number of anilines is 2. The lowest BCUT2D eigenvalue weighted by Crippen LogP contribution is -2.45. The summed E-state index contributed by atoms with van der Waals surface area (Å²) < 4.78 is 104. The van der Waals surface area contributed by atoms with Crippen molar-refractivity contribution >= 4 is 17.3 Å². The van der Waals surface area contributed by atoms with Crippen LogP contribution in [0.5, 0.6) is 0 Å². The molecule has 2 aliphatic carbocycles. The van der Waals surface area contributed by atoms with Crippen LogP contribution >= 0.6 is 0 Å². The molecule has 32 heavy (non-hydrogen) atoms. The molecule has 2 bridgehead atoms. The van der Waals surface area contributed by atoms with Gasteiger partial charge in [0.05, 0.1) is 11.0 Å². The molecule has 2 fully saturated rings. The van der Waals surface area contributed by atoms with E-state index < -0.39 is 99.1 Å². The lowest BCUT2D eigenvalue weighted by Gasteiger charge is -2.43. The Hall–Kier alpha value is -2.98. The molecule has 3 atom stereocenters. The van der Waals surface area contributed by atoms with E-state index in [0.717, 1.165) is 0 Å². The monoisotopic (exact) mass is 462 g/mol. The number of rotatable bonds is 3. The van der Waals surface area contributed by atoms with Crippen molar-refractivity contribution in [3.63, 3.8) is 0 Å². The summed E-state index contributed by atoms with van der Waals surface area (Å²) in [6, 6.07) is 0.314. The number of benzene rings is 2. The van der Waals surface area contributed by atoms with Gasteiger partial charge < -0.3 is 16.6 Å². The van der Waals surface area contributed by atoms with Gasteiger partial charge in [-0.15, -0.1) is 0 Å². The van der Waals surface area contributed by atoms with Gasteiger partial charge in [0, 0.05) is 29.5 Å². The Labute approximate surface area is 177 Å². The smallest absolute Gasteiger partial charge is 0.309 e. The van der Waals surface area contributed by atoms with Crippen LogP contribution in [0.2, 0.25) is 0 Å². The van der Waals surface area contributed by atoms with Gasteiger partial charge in [-0.05, 0) is 19.3 Å². The molecule has 2 aromatic rings. The summed E-state index contributed by atoms with van der Waals surface area (Å²) in [5.41, 5.74) is -2.12. The first-order valence-corrected chi connectivity index (χ1v) is 9.60. The van der Waals surface area contributed by atoms with E-state index in [1.807, 2.05) is 0 Å². The molecular weight excluding hydrogens is 445 g/mol. The van der Waals surface area contributed by atoms with Gasteiger partial charge in [-0.25, -0.2) is 30.7 Å². The van der Waals surface area contributed by atoms with Gasteiger partial charge in [0.2, 0.25) is 0 Å². The molecule has 5 N–H and O–H groups in total. The first-order valence-electron chi connectivity index (χ1n) is 9.60. The van der Waals surface area contributed by atoms with Crippen LogP contribution in [0.15, 0.2) is 12.1 Å². The molecule has 0 heterocycles. The number of halogens is 7. The minimum Gasteiger partial charge on any atom is -0.481 e. The van der Waals surface area contributed by atoms with Gasteiger partial charge in [0.15, 0.2) is 28.9 Å². The number of carbonyl (C=O) groups is 1. The molecule has 11 heteroatoms. The van der Waals surface area contributed by atoms with Gasteiger partial charge in [-0.1, -0.05) is 6.42 Å². The average Bonchev–Trinajstić information content (AvgIpc) is 2.88. The van der Waals surface area contributed by atoms with Crippen molar-refractivity contribution in [1.82, 2.24) is 0 Å². The minimum atomic E-state index is -3.37. The summed E-state index contributed by atoms with van der Waals surface area (Å²) in [6.45, 7) is 0. The van der Waals surface area contributed by atoms with Gasteiger partial charge >= 0.3 is 5.97 Å². The maximum absolute atomic E-state index is 17.0. The van der Waals surface area contributed by atoms with Crippen LogP contribution in [0.3, 0.4) is 0 Å². The minimum absolute atomic E-state index is 0.0754. The Bertz CT molecular complexity index is 1170. The van der Waals surface area contributed by atoms with E-state index in [1.165, 1.54) is 0 Å². The lowest BCUT2D eigenvalue weighted by atomic mass is 9.61. The molecule has 0 aliphatic heterocycles. The van der Waals surface area contributed by atoms with Gasteiger partial charge in [-0.3, -0.25) is 4.79 Å². The highest BCUT2D eigenvalue weighted by Crippen LogP contribution is 2.70. The highest BCUT2D eigenvalue weighted by Gasteiger charge is 2.72. The number of nitrogen functional groups attached to an aromatic ring is 2. The maximum Gasteiger partial charge on any atom is 0.309 e. The molecule has 0 spiro atoms. The lowest BCUT2D eigenvalue weighted by molar-refractivity contribution is -0.150. The molecule has 0 amide bonds. The number of aliphatic carboxylic acids is 1. The molecule has 4 nitrogen and oxygen atoms in total. The van der Waals surface area contributed by atoms with Crippen molar-refractivity contribution in [3.8, 4) is 0 Å². The third-order valence-corrected chi connectivity index (χ3v) is 6.98. The van der Waals surface area contributed by atoms with Gasteiger partial charge in [0.25, 0.3) is 0 Å². The number of fused-ring (bicyclic) bond motifs is 2. The van der Waals surface area contributed by atoms with E-state index in [1.54, 1.807) is 0 Å². The number of hydrogen-bond donors (Lipinski definition) is 3. The second-order valence-corrected chi connectivity index (χ2v) is 8.56. The molecule has 2 unspecified atom stereocenters. The molecule has 4 rings (SSSR count). The first-order chi connectivity index (χ1) is 14.8. The summed E-state index contributed by atoms with van der Waals surface area (Å²) in [5.74, 6) is -11.4. The van der Waals surface area contributed by atoms with E-state index >= 15 is 8.78 Å². The Morgan fingerprint density at radius 3 is 1.84 bits per heavy atom. The van der Waals surface area contributed by atoms with Crippen molar-refractivity contribution in [2.45, 2.75) is 43.2 Å². The first kappa shape index (κ1) is 22.2. The highest BCUT2D eigenvalue weighted by molar-refractivity contribution is 5.77. The normalized spacial score (nSPS) is 29.3. The summed E-state index contributed by atoms with van der Waals surface area (Å²) in [4.78, 5) is 12.1. The summed E-state index contributed by atoms with van der Waals surface area (Å²) in [7, 11) is 0. The van der Waals surface area contributed by atoms with Crippen molar-refractivity contribution in [3.05, 3.63) is 58.2 Å². The zero-order chi connectivity index (χ0) is 23.8. The molecule has 172 valence electrons. The second-order valence-electron chi connectivity index (χ2n) is 8.56. The Morgan fingerprint density at radius 1 is 0.812 bits per heavy atom. The van der Waals surface area contributed by atoms with E-state index in [4.69, 9.17) is 11.5 Å². The topological polar surface area (TPSA) is 89.3 Å². The zero-order valence-electron chi connectivity index (χ0n) is 16.3. The molecule has 2 aliphatic rings. The fourth-order valence-corrected chi connectivity index (χ4v) is 5.62. The number of carboxylic acids is 1. The predicted octanol–water partition coefficient (Wildman–Crippen LogP) is 4.84. The maximum atomic E-state index is 17.0. The third-order valence-electron chi connectivity index (χ3n) is 6.98. The number of nitrogens with two attached hydrogens (primary N) is 2. The highest BCUT2D eigenvalue weighted by atomic mass is 19.2. The summed E-state index contributed by atoms with van der Waals surface area (Å²) >= 11 is 0. The molecule has 0 radical (unpaired) electrons. The van der Waals surface area contributed by atoms with Crippen LogP contribution < -0.4 is 11.5 Å². The summed E-state index contributed by atoms with van der Waals surface area (Å²) in [5, 5.41) is 9.82. The number of carboxylic acid groups (broad SMARTS) is 1. The molecular formula is C21H17F7N2O2. The van der Waals surface area contributed by atoms with Crippen molar-refractivity contribution in [2.24, 2.45) is 5.41 Å². The van der Waals surface area contributed by atoms with E-state index in [2.05, 4.69) is 0 Å². The van der Waals surface area contributed by atoms with Crippen molar-refractivity contribution in [2.75, 3.05) is 11.5 Å². The largest absolute Gasteiger partial charge is 0.481 e. The summed E-state index contributed by atoms with van der Waals surface area (Å²) in [6.07, 6.45) is -2.47. The van der Waals surface area contributed by atoms with Crippen LogP contribution in [0.25, 0.3) is 0 Å². The van der Waals surface area contributed by atoms with Crippen LogP contribution in [0, 0.1) is 40.3 Å². The Kier molecular flexibility index (Phi) is 4.69. The molecule has 2 aromatic carbocycles. The van der Waals surface area contributed by atoms with E-state index in [0.29, 0.717) is 0 Å². The Balaban J connectivity index is 2.13. The van der Waals surface area contributed by atoms with Gasteiger partial charge in [-0.2, -0.15) is 0 Å². The van der Waals surface area contributed by atoms with Crippen LogP contribution in [-0.4, -0.2) is 11.1 Å². The quantitative estimate of drug-likeness (QED) is 0.450. The zero-order valence-corrected chi connectivity index (χ0v) is 16.3. The van der Waals surface area contributed by atoms with Crippen LogP contribution in [0.4, 0.5) is 42.1 Å². The molecule has 0 aromatic heterocycles. The SMILES string of the molecule is Nc1c(F)cc(F)c(C23CCCC(C(=O)O)(C2)C[C@@]3(F)c2c(F)cc(F)c(N)c2F)c1F. The standard InChI is InChI=1S/C21H17F7N2O2/c22-8-4-10(24)16(29)14(26)12(8)20-3-1-2-19(6-20,18(31)32)7-21(20,28)13-9(23)5-11(25)17(30)15(13)27/h4-5H,1-3,6-7,29-30H2,(H,31,32)/t19?,20?,21-/m1/s1. The second kappa shape index (κ2) is 6.76. The van der Waals surface area contributed by atoms with Gasteiger partial charge in [0.1, 0.15) is 23.0 Å². The Morgan fingerprint density at radius 2 is 1.31 bits per heavy atom. The van der Waals surface area contributed by atoms with Crippen LogP contribution in [0.1, 0.15) is 43.2 Å². The average molecular weight is 462 g/mol. The third kappa shape index (κ3) is 2.59. The molecule has 0 saturated heterocycles. The fraction of sp³-hybridized carbons (Fsp3) is 0.381. The van der Waals surface area contributed by atoms with Crippen LogP contribution in [-0.2, 0) is 15.9 Å². The number of hydrogen-bond acceptors (Lipinski definition) is 3. The van der Waals surface area contributed by atoms with E-state index in [-0.39, 0.29) is 25.0 Å². The predicted molar refractivity (Wildman–Crippen MR) is 99.1 cm³/mol. The van der Waals surface area contributed by atoms with Crippen molar-refractivity contribution < 1.29 is 40.6 Å². The fourth-order valence-electron chi connectivity index (χ4n) is 5.62. The van der Waals surface area contributed by atoms with E-state index in [9.17, 15) is 31.9 Å². The number of alkyl halides is 1.